The largest absolute Gasteiger partial charge is 0.403 e. The van der Waals surface area contributed by atoms with Crippen LogP contribution in [0.1, 0.15) is 12.0 Å². The summed E-state index contributed by atoms with van der Waals surface area (Å²) in [6.45, 7) is 0. The predicted molar refractivity (Wildman–Crippen MR) is 61.5 cm³/mol. The van der Waals surface area contributed by atoms with Crippen molar-refractivity contribution in [2.45, 2.75) is 25.1 Å². The van der Waals surface area contributed by atoms with Gasteiger partial charge in [0.2, 0.25) is 0 Å². The average molecular weight is 329 g/mol. The van der Waals surface area contributed by atoms with Crippen LogP contribution >= 0.6 is 22.6 Å². The molecule has 0 saturated heterocycles. The van der Waals surface area contributed by atoms with Gasteiger partial charge in [0.05, 0.1) is 0 Å². The smallest absolute Gasteiger partial charge is 0.320 e. The SMILES string of the molecule is NC(CCc1ccc(I)cc1)C(F)(F)F. The lowest BCUT2D eigenvalue weighted by molar-refractivity contribution is -0.148. The molecule has 2 N–H and O–H groups in total. The van der Waals surface area contributed by atoms with Crippen molar-refractivity contribution in [2.75, 3.05) is 0 Å². The summed E-state index contributed by atoms with van der Waals surface area (Å²) >= 11 is 2.15. The molecule has 1 atom stereocenters. The second kappa shape index (κ2) is 5.16. The fourth-order valence-corrected chi connectivity index (χ4v) is 1.50. The van der Waals surface area contributed by atoms with Gasteiger partial charge in [0.15, 0.2) is 0 Å². The molecule has 84 valence electrons. The lowest BCUT2D eigenvalue weighted by Crippen LogP contribution is -2.37. The average Bonchev–Trinajstić information content (AvgIpc) is 2.15. The van der Waals surface area contributed by atoms with E-state index in [9.17, 15) is 13.2 Å². The number of hydrogen-bond donors (Lipinski definition) is 1. The standard InChI is InChI=1S/C10H11F3IN/c11-10(12,13)9(15)6-3-7-1-4-8(14)5-2-7/h1-2,4-5,9H,3,6,15H2. The Morgan fingerprint density at radius 2 is 1.73 bits per heavy atom. The van der Waals surface area contributed by atoms with Crippen LogP contribution in [0, 0.1) is 3.57 Å². The number of halogens is 4. The summed E-state index contributed by atoms with van der Waals surface area (Å²) in [6, 6.07) is 5.66. The van der Waals surface area contributed by atoms with Crippen LogP contribution in [0.2, 0.25) is 0 Å². The highest BCUT2D eigenvalue weighted by molar-refractivity contribution is 14.1. The maximum Gasteiger partial charge on any atom is 0.403 e. The van der Waals surface area contributed by atoms with E-state index in [4.69, 9.17) is 5.73 Å². The Hall–Kier alpha value is -0.300. The van der Waals surface area contributed by atoms with Gasteiger partial charge >= 0.3 is 6.18 Å². The monoisotopic (exact) mass is 329 g/mol. The van der Waals surface area contributed by atoms with Crippen molar-refractivity contribution < 1.29 is 13.2 Å². The van der Waals surface area contributed by atoms with Crippen LogP contribution in [-0.2, 0) is 6.42 Å². The second-order valence-corrected chi connectivity index (χ2v) is 4.56. The van der Waals surface area contributed by atoms with Crippen molar-refractivity contribution in [2.24, 2.45) is 5.73 Å². The van der Waals surface area contributed by atoms with Crippen molar-refractivity contribution in [3.05, 3.63) is 33.4 Å². The summed E-state index contributed by atoms with van der Waals surface area (Å²) in [5.41, 5.74) is 5.89. The third-order valence-electron chi connectivity index (χ3n) is 2.08. The minimum absolute atomic E-state index is 0.0654. The van der Waals surface area contributed by atoms with Crippen molar-refractivity contribution in [1.29, 1.82) is 0 Å². The molecule has 0 saturated carbocycles. The number of hydrogen-bond acceptors (Lipinski definition) is 1. The first-order valence-corrected chi connectivity index (χ1v) is 5.54. The molecule has 0 radical (unpaired) electrons. The van der Waals surface area contributed by atoms with E-state index in [1.165, 1.54) is 0 Å². The van der Waals surface area contributed by atoms with Gasteiger partial charge in [0.1, 0.15) is 6.04 Å². The number of aryl methyl sites for hydroxylation is 1. The highest BCUT2D eigenvalue weighted by atomic mass is 127. The first kappa shape index (κ1) is 12.8. The highest BCUT2D eigenvalue weighted by Crippen LogP contribution is 2.22. The number of rotatable bonds is 3. The van der Waals surface area contributed by atoms with Gasteiger partial charge in [-0.3, -0.25) is 0 Å². The lowest BCUT2D eigenvalue weighted by Gasteiger charge is -2.15. The Kier molecular flexibility index (Phi) is 4.39. The summed E-state index contributed by atoms with van der Waals surface area (Å²) in [4.78, 5) is 0. The van der Waals surface area contributed by atoms with Crippen LogP contribution in [0.4, 0.5) is 13.2 Å². The van der Waals surface area contributed by atoms with E-state index in [2.05, 4.69) is 22.6 Å². The van der Waals surface area contributed by atoms with Gasteiger partial charge in [-0.2, -0.15) is 13.2 Å². The quantitative estimate of drug-likeness (QED) is 0.848. The number of alkyl halides is 3. The van der Waals surface area contributed by atoms with E-state index >= 15 is 0 Å². The second-order valence-electron chi connectivity index (χ2n) is 3.31. The van der Waals surface area contributed by atoms with Gasteiger partial charge in [0.25, 0.3) is 0 Å². The Morgan fingerprint density at radius 1 is 1.20 bits per heavy atom. The molecule has 0 aromatic heterocycles. The van der Waals surface area contributed by atoms with E-state index in [-0.39, 0.29) is 6.42 Å². The van der Waals surface area contributed by atoms with Gasteiger partial charge in [-0.05, 0) is 53.1 Å². The van der Waals surface area contributed by atoms with E-state index in [1.54, 1.807) is 0 Å². The van der Waals surface area contributed by atoms with Gasteiger partial charge in [-0.25, -0.2) is 0 Å². The Balaban J connectivity index is 2.47. The minimum Gasteiger partial charge on any atom is -0.320 e. The molecule has 15 heavy (non-hydrogen) atoms. The third-order valence-corrected chi connectivity index (χ3v) is 2.80. The molecular weight excluding hydrogens is 318 g/mol. The van der Waals surface area contributed by atoms with Crippen molar-refractivity contribution in [3.8, 4) is 0 Å². The third kappa shape index (κ3) is 4.38. The Labute approximate surface area is 100.0 Å². The van der Waals surface area contributed by atoms with E-state index in [0.717, 1.165) is 9.13 Å². The summed E-state index contributed by atoms with van der Waals surface area (Å²) < 4.78 is 37.3. The first-order valence-electron chi connectivity index (χ1n) is 4.46. The molecule has 1 aromatic rings. The molecule has 0 aliphatic heterocycles. The first-order chi connectivity index (χ1) is 6.89. The summed E-state index contributed by atoms with van der Waals surface area (Å²) in [5, 5.41) is 0. The van der Waals surface area contributed by atoms with Crippen molar-refractivity contribution in [1.82, 2.24) is 0 Å². The molecule has 0 heterocycles. The van der Waals surface area contributed by atoms with Gasteiger partial charge in [-0.1, -0.05) is 12.1 Å². The Morgan fingerprint density at radius 3 is 2.20 bits per heavy atom. The van der Waals surface area contributed by atoms with Crippen molar-refractivity contribution >= 4 is 22.6 Å². The zero-order valence-corrected chi connectivity index (χ0v) is 10.0. The molecule has 1 unspecified atom stereocenters. The molecule has 0 bridgehead atoms. The van der Waals surface area contributed by atoms with Gasteiger partial charge < -0.3 is 5.73 Å². The Bertz CT molecular complexity index is 307. The molecule has 1 aromatic carbocycles. The normalized spacial score (nSPS) is 13.9. The molecule has 1 rings (SSSR count). The molecule has 0 aliphatic rings. The molecule has 0 spiro atoms. The van der Waals surface area contributed by atoms with Crippen LogP contribution in [0.15, 0.2) is 24.3 Å². The summed E-state index contributed by atoms with van der Waals surface area (Å²) in [6.07, 6.45) is -4.00. The van der Waals surface area contributed by atoms with Crippen LogP contribution in [0.25, 0.3) is 0 Å². The molecule has 0 aliphatic carbocycles. The zero-order chi connectivity index (χ0) is 11.5. The van der Waals surface area contributed by atoms with E-state index in [1.807, 2.05) is 24.3 Å². The fourth-order valence-electron chi connectivity index (χ4n) is 1.14. The molecule has 1 nitrogen and oxygen atoms in total. The molecule has 5 heteroatoms. The number of nitrogens with two attached hydrogens (primary N) is 1. The topological polar surface area (TPSA) is 26.0 Å². The lowest BCUT2D eigenvalue weighted by atomic mass is 10.1. The van der Waals surface area contributed by atoms with Gasteiger partial charge in [-0.15, -0.1) is 0 Å². The maximum atomic E-state index is 12.1. The van der Waals surface area contributed by atoms with E-state index in [0.29, 0.717) is 6.42 Å². The minimum atomic E-state index is -4.29. The van der Waals surface area contributed by atoms with Crippen LogP contribution in [0.3, 0.4) is 0 Å². The van der Waals surface area contributed by atoms with Crippen LogP contribution in [0.5, 0.6) is 0 Å². The zero-order valence-electron chi connectivity index (χ0n) is 7.89. The van der Waals surface area contributed by atoms with Gasteiger partial charge in [0, 0.05) is 3.57 Å². The summed E-state index contributed by atoms with van der Waals surface area (Å²) in [5.74, 6) is 0. The predicted octanol–water partition coefficient (Wildman–Crippen LogP) is 3.11. The molecule has 0 amide bonds. The van der Waals surface area contributed by atoms with E-state index < -0.39 is 12.2 Å². The maximum absolute atomic E-state index is 12.1. The highest BCUT2D eigenvalue weighted by Gasteiger charge is 2.35. The molecule has 0 fully saturated rings. The summed E-state index contributed by atoms with van der Waals surface area (Å²) in [7, 11) is 0. The number of benzene rings is 1. The van der Waals surface area contributed by atoms with Crippen molar-refractivity contribution in [3.63, 3.8) is 0 Å². The van der Waals surface area contributed by atoms with Crippen LogP contribution in [-0.4, -0.2) is 12.2 Å². The molecular formula is C10H11F3IN. The van der Waals surface area contributed by atoms with Crippen LogP contribution < -0.4 is 5.73 Å². The fraction of sp³-hybridized carbons (Fsp3) is 0.400.